The van der Waals surface area contributed by atoms with Gasteiger partial charge in [0.15, 0.2) is 0 Å². The van der Waals surface area contributed by atoms with Gasteiger partial charge in [0.2, 0.25) is 0 Å². The van der Waals surface area contributed by atoms with E-state index in [9.17, 15) is 4.79 Å². The van der Waals surface area contributed by atoms with Crippen LogP contribution in [0.5, 0.6) is 5.75 Å². The molecule has 120 valence electrons. The third-order valence-corrected chi connectivity index (χ3v) is 4.31. The molecule has 0 radical (unpaired) electrons. The molecule has 1 aliphatic heterocycles. The molecule has 0 aromatic heterocycles. The van der Waals surface area contributed by atoms with E-state index in [0.717, 1.165) is 19.5 Å². The number of anilines is 1. The molecule has 0 bridgehead atoms. The van der Waals surface area contributed by atoms with Crippen molar-refractivity contribution in [3.05, 3.63) is 60.2 Å². The summed E-state index contributed by atoms with van der Waals surface area (Å²) < 4.78 is 5.24. The lowest BCUT2D eigenvalue weighted by molar-refractivity contribution is 0.0945. The number of carbonyl (C=O) groups excluding carboxylic acids is 1. The SMILES string of the molecule is COc1ccccc1C(=O)NCC1CCN(c2ccccc2)C1. The summed E-state index contributed by atoms with van der Waals surface area (Å²) in [6, 6.07) is 17.7. The maximum Gasteiger partial charge on any atom is 0.255 e. The van der Waals surface area contributed by atoms with Gasteiger partial charge in [0.25, 0.3) is 5.91 Å². The second-order valence-electron chi connectivity index (χ2n) is 5.85. The molecule has 1 saturated heterocycles. The van der Waals surface area contributed by atoms with Crippen molar-refractivity contribution in [2.45, 2.75) is 6.42 Å². The summed E-state index contributed by atoms with van der Waals surface area (Å²) in [6.45, 7) is 2.72. The summed E-state index contributed by atoms with van der Waals surface area (Å²) >= 11 is 0. The lowest BCUT2D eigenvalue weighted by Crippen LogP contribution is -2.31. The molecule has 1 N–H and O–H groups in total. The summed E-state index contributed by atoms with van der Waals surface area (Å²) in [7, 11) is 1.58. The molecule has 2 aromatic carbocycles. The Hall–Kier alpha value is -2.49. The fourth-order valence-electron chi connectivity index (χ4n) is 3.04. The van der Waals surface area contributed by atoms with Crippen LogP contribution in [0.2, 0.25) is 0 Å². The van der Waals surface area contributed by atoms with E-state index >= 15 is 0 Å². The third kappa shape index (κ3) is 3.65. The molecule has 3 rings (SSSR count). The summed E-state index contributed by atoms with van der Waals surface area (Å²) in [6.07, 6.45) is 1.10. The molecule has 0 aliphatic carbocycles. The molecule has 1 atom stereocenters. The highest BCUT2D eigenvalue weighted by atomic mass is 16.5. The first kappa shape index (κ1) is 15.4. The molecule has 0 saturated carbocycles. The van der Waals surface area contributed by atoms with Gasteiger partial charge in [0, 0.05) is 25.3 Å². The van der Waals surface area contributed by atoms with Gasteiger partial charge in [-0.05, 0) is 36.6 Å². The molecule has 1 amide bonds. The molecular formula is C19H22N2O2. The van der Waals surface area contributed by atoms with E-state index < -0.39 is 0 Å². The quantitative estimate of drug-likeness (QED) is 0.923. The van der Waals surface area contributed by atoms with Gasteiger partial charge in [-0.2, -0.15) is 0 Å². The smallest absolute Gasteiger partial charge is 0.255 e. The fraction of sp³-hybridized carbons (Fsp3) is 0.316. The first-order valence-corrected chi connectivity index (χ1v) is 7.99. The van der Waals surface area contributed by atoms with Gasteiger partial charge >= 0.3 is 0 Å². The largest absolute Gasteiger partial charge is 0.496 e. The predicted molar refractivity (Wildman–Crippen MR) is 92.1 cm³/mol. The normalized spacial score (nSPS) is 17.1. The summed E-state index contributed by atoms with van der Waals surface area (Å²) in [5.41, 5.74) is 1.85. The Bertz CT molecular complexity index is 657. The molecule has 1 fully saturated rings. The van der Waals surface area contributed by atoms with Crippen LogP contribution >= 0.6 is 0 Å². The van der Waals surface area contributed by atoms with E-state index in [1.54, 1.807) is 13.2 Å². The van der Waals surface area contributed by atoms with E-state index in [2.05, 4.69) is 34.5 Å². The molecule has 0 spiro atoms. The van der Waals surface area contributed by atoms with Crippen molar-refractivity contribution < 1.29 is 9.53 Å². The van der Waals surface area contributed by atoms with Crippen molar-refractivity contribution in [2.24, 2.45) is 5.92 Å². The first-order valence-electron chi connectivity index (χ1n) is 7.99. The van der Waals surface area contributed by atoms with Gasteiger partial charge in [-0.3, -0.25) is 4.79 Å². The van der Waals surface area contributed by atoms with Crippen molar-refractivity contribution in [1.82, 2.24) is 5.32 Å². The molecule has 23 heavy (non-hydrogen) atoms. The minimum absolute atomic E-state index is 0.0689. The number of ether oxygens (including phenoxy) is 1. The standard InChI is InChI=1S/C19H22N2O2/c1-23-18-10-6-5-9-17(18)19(22)20-13-15-11-12-21(14-15)16-7-3-2-4-8-16/h2-10,15H,11-14H2,1H3,(H,20,22). The number of hydrogen-bond donors (Lipinski definition) is 1. The summed E-state index contributed by atoms with van der Waals surface area (Å²) in [5.74, 6) is 1.02. The number of para-hydroxylation sites is 2. The second kappa shape index (κ2) is 7.18. The molecule has 1 heterocycles. The summed E-state index contributed by atoms with van der Waals surface area (Å²) in [5, 5.41) is 3.04. The Morgan fingerprint density at radius 1 is 1.17 bits per heavy atom. The van der Waals surface area contributed by atoms with Crippen LogP contribution in [0.4, 0.5) is 5.69 Å². The van der Waals surface area contributed by atoms with E-state index in [1.807, 2.05) is 24.3 Å². The number of carbonyl (C=O) groups is 1. The van der Waals surface area contributed by atoms with Gasteiger partial charge in [0.1, 0.15) is 5.75 Å². The Balaban J connectivity index is 1.54. The van der Waals surface area contributed by atoms with Crippen LogP contribution in [-0.2, 0) is 0 Å². The highest BCUT2D eigenvalue weighted by Gasteiger charge is 2.23. The minimum Gasteiger partial charge on any atom is -0.496 e. The van der Waals surface area contributed by atoms with Gasteiger partial charge in [-0.15, -0.1) is 0 Å². The maximum atomic E-state index is 12.3. The lowest BCUT2D eigenvalue weighted by Gasteiger charge is -2.18. The number of methoxy groups -OCH3 is 1. The number of amides is 1. The average molecular weight is 310 g/mol. The monoisotopic (exact) mass is 310 g/mol. The molecular weight excluding hydrogens is 288 g/mol. The number of benzene rings is 2. The van der Waals surface area contributed by atoms with Crippen LogP contribution in [0.3, 0.4) is 0 Å². The zero-order chi connectivity index (χ0) is 16.1. The van der Waals surface area contributed by atoms with Gasteiger partial charge in [-0.1, -0.05) is 30.3 Å². The van der Waals surface area contributed by atoms with Crippen LogP contribution in [0, 0.1) is 5.92 Å². The Morgan fingerprint density at radius 3 is 2.70 bits per heavy atom. The van der Waals surface area contributed by atoms with Crippen LogP contribution in [0.25, 0.3) is 0 Å². The van der Waals surface area contributed by atoms with Gasteiger partial charge in [0.05, 0.1) is 12.7 Å². The van der Waals surface area contributed by atoms with E-state index in [4.69, 9.17) is 4.74 Å². The second-order valence-corrected chi connectivity index (χ2v) is 5.85. The van der Waals surface area contributed by atoms with E-state index in [-0.39, 0.29) is 5.91 Å². The van der Waals surface area contributed by atoms with Gasteiger partial charge in [-0.25, -0.2) is 0 Å². The molecule has 2 aromatic rings. The number of nitrogens with zero attached hydrogens (tertiary/aromatic N) is 1. The highest BCUT2D eigenvalue weighted by molar-refractivity contribution is 5.96. The molecule has 1 unspecified atom stereocenters. The predicted octanol–water partition coefficient (Wildman–Crippen LogP) is 2.95. The molecule has 4 heteroatoms. The zero-order valence-corrected chi connectivity index (χ0v) is 13.4. The fourth-order valence-corrected chi connectivity index (χ4v) is 3.04. The minimum atomic E-state index is -0.0689. The third-order valence-electron chi connectivity index (χ3n) is 4.31. The van der Waals surface area contributed by atoms with E-state index in [0.29, 0.717) is 23.8 Å². The van der Waals surface area contributed by atoms with Crippen molar-refractivity contribution in [2.75, 3.05) is 31.6 Å². The van der Waals surface area contributed by atoms with Crippen LogP contribution in [0.15, 0.2) is 54.6 Å². The van der Waals surface area contributed by atoms with Crippen molar-refractivity contribution >= 4 is 11.6 Å². The van der Waals surface area contributed by atoms with Gasteiger partial charge < -0.3 is 15.0 Å². The Morgan fingerprint density at radius 2 is 1.91 bits per heavy atom. The zero-order valence-electron chi connectivity index (χ0n) is 13.4. The van der Waals surface area contributed by atoms with Crippen LogP contribution < -0.4 is 15.0 Å². The van der Waals surface area contributed by atoms with Crippen molar-refractivity contribution in [3.63, 3.8) is 0 Å². The highest BCUT2D eigenvalue weighted by Crippen LogP contribution is 2.23. The first-order chi connectivity index (χ1) is 11.3. The van der Waals surface area contributed by atoms with Crippen LogP contribution in [0.1, 0.15) is 16.8 Å². The number of rotatable bonds is 5. The topological polar surface area (TPSA) is 41.6 Å². The van der Waals surface area contributed by atoms with E-state index in [1.165, 1.54) is 5.69 Å². The number of hydrogen-bond acceptors (Lipinski definition) is 3. The van der Waals surface area contributed by atoms with Crippen molar-refractivity contribution in [1.29, 1.82) is 0 Å². The lowest BCUT2D eigenvalue weighted by atomic mass is 10.1. The Labute approximate surface area is 137 Å². The van der Waals surface area contributed by atoms with Crippen molar-refractivity contribution in [3.8, 4) is 5.75 Å². The Kier molecular flexibility index (Phi) is 4.81. The molecule has 1 aliphatic rings. The van der Waals surface area contributed by atoms with Crippen LogP contribution in [-0.4, -0.2) is 32.7 Å². The molecule has 4 nitrogen and oxygen atoms in total. The summed E-state index contributed by atoms with van der Waals surface area (Å²) in [4.78, 5) is 14.7. The maximum absolute atomic E-state index is 12.3. The number of nitrogens with one attached hydrogen (secondary N) is 1. The average Bonchev–Trinajstić information content (AvgIpc) is 3.09.